The number of hydrogen-bond acceptors (Lipinski definition) is 2. The highest BCUT2D eigenvalue weighted by Gasteiger charge is 2.02. The number of carbonyl (C=O) groups excluding carboxylic acids is 1. The first-order valence-electron chi connectivity index (χ1n) is 5.56. The highest BCUT2D eigenvalue weighted by Crippen LogP contribution is 2.08. The van der Waals surface area contributed by atoms with Crippen LogP contribution in [0.25, 0.3) is 6.08 Å². The lowest BCUT2D eigenvalue weighted by atomic mass is 10.1. The molecule has 0 fully saturated rings. The van der Waals surface area contributed by atoms with E-state index in [1.54, 1.807) is 18.3 Å². The molecule has 3 heteroatoms. The molecule has 0 aliphatic heterocycles. The molecule has 0 atom stereocenters. The fourth-order valence-corrected chi connectivity index (χ4v) is 1.58. The summed E-state index contributed by atoms with van der Waals surface area (Å²) in [5.41, 5.74) is 2.12. The Morgan fingerprint density at radius 2 is 2.11 bits per heavy atom. The standard InChI is InChI=1S/C15H12FNO/c1-11-9-12(7-8-17-11)5-6-15(18)13-3-2-4-14(16)10-13/h2-10H,1H3. The topological polar surface area (TPSA) is 30.0 Å². The van der Waals surface area contributed by atoms with Crippen LogP contribution in [-0.2, 0) is 0 Å². The van der Waals surface area contributed by atoms with Crippen LogP contribution in [0.5, 0.6) is 0 Å². The predicted octanol–water partition coefficient (Wildman–Crippen LogP) is 3.43. The van der Waals surface area contributed by atoms with Crippen molar-refractivity contribution in [3.8, 4) is 0 Å². The van der Waals surface area contributed by atoms with Crippen LogP contribution in [-0.4, -0.2) is 10.8 Å². The van der Waals surface area contributed by atoms with Crippen LogP contribution in [0.4, 0.5) is 4.39 Å². The second-order valence-corrected chi connectivity index (χ2v) is 3.94. The van der Waals surface area contributed by atoms with Crippen molar-refractivity contribution < 1.29 is 9.18 Å². The van der Waals surface area contributed by atoms with Crippen LogP contribution < -0.4 is 0 Å². The highest BCUT2D eigenvalue weighted by atomic mass is 19.1. The van der Waals surface area contributed by atoms with Crippen LogP contribution in [0.15, 0.2) is 48.7 Å². The minimum absolute atomic E-state index is 0.219. The first kappa shape index (κ1) is 12.2. The third kappa shape index (κ3) is 3.10. The van der Waals surface area contributed by atoms with E-state index < -0.39 is 5.82 Å². The van der Waals surface area contributed by atoms with E-state index >= 15 is 0 Å². The summed E-state index contributed by atoms with van der Waals surface area (Å²) in [7, 11) is 0. The van der Waals surface area contributed by atoms with E-state index in [0.717, 1.165) is 11.3 Å². The van der Waals surface area contributed by atoms with Crippen LogP contribution in [0.3, 0.4) is 0 Å². The summed E-state index contributed by atoms with van der Waals surface area (Å²) >= 11 is 0. The van der Waals surface area contributed by atoms with Gasteiger partial charge in [-0.05, 0) is 42.8 Å². The maximum atomic E-state index is 13.0. The molecular weight excluding hydrogens is 229 g/mol. The van der Waals surface area contributed by atoms with E-state index in [2.05, 4.69) is 4.98 Å². The fourth-order valence-electron chi connectivity index (χ4n) is 1.58. The van der Waals surface area contributed by atoms with Gasteiger partial charge in [0.05, 0.1) is 0 Å². The average molecular weight is 241 g/mol. The summed E-state index contributed by atoms with van der Waals surface area (Å²) in [4.78, 5) is 15.9. The van der Waals surface area contributed by atoms with Gasteiger partial charge < -0.3 is 0 Å². The van der Waals surface area contributed by atoms with Crippen molar-refractivity contribution >= 4 is 11.9 Å². The number of ketones is 1. The van der Waals surface area contributed by atoms with Crippen molar-refractivity contribution in [2.75, 3.05) is 0 Å². The van der Waals surface area contributed by atoms with Crippen molar-refractivity contribution in [3.63, 3.8) is 0 Å². The van der Waals surface area contributed by atoms with E-state index in [-0.39, 0.29) is 5.78 Å². The summed E-state index contributed by atoms with van der Waals surface area (Å²) in [5, 5.41) is 0. The molecule has 1 heterocycles. The predicted molar refractivity (Wildman–Crippen MR) is 68.7 cm³/mol. The van der Waals surface area contributed by atoms with Gasteiger partial charge in [-0.15, -0.1) is 0 Å². The second-order valence-electron chi connectivity index (χ2n) is 3.94. The number of halogens is 1. The van der Waals surface area contributed by atoms with Gasteiger partial charge in [-0.1, -0.05) is 18.2 Å². The third-order valence-corrected chi connectivity index (χ3v) is 2.46. The zero-order valence-electron chi connectivity index (χ0n) is 9.93. The number of aryl methyl sites for hydroxylation is 1. The van der Waals surface area contributed by atoms with Crippen molar-refractivity contribution in [2.45, 2.75) is 6.92 Å². The Labute approximate surface area is 105 Å². The summed E-state index contributed by atoms with van der Waals surface area (Å²) in [5.74, 6) is -0.627. The SMILES string of the molecule is Cc1cc(C=CC(=O)c2cccc(F)c2)ccn1. The van der Waals surface area contributed by atoms with E-state index in [9.17, 15) is 9.18 Å². The number of aromatic nitrogens is 1. The third-order valence-electron chi connectivity index (χ3n) is 2.46. The summed E-state index contributed by atoms with van der Waals surface area (Å²) in [6, 6.07) is 9.33. The number of pyridine rings is 1. The molecule has 18 heavy (non-hydrogen) atoms. The van der Waals surface area contributed by atoms with Gasteiger partial charge in [-0.25, -0.2) is 4.39 Å². The average Bonchev–Trinajstić information content (AvgIpc) is 2.36. The van der Waals surface area contributed by atoms with E-state index in [1.165, 1.54) is 24.3 Å². The molecule has 1 aromatic carbocycles. The molecule has 1 aromatic heterocycles. The van der Waals surface area contributed by atoms with Gasteiger partial charge in [0.25, 0.3) is 0 Å². The van der Waals surface area contributed by atoms with Crippen molar-refractivity contribution in [2.24, 2.45) is 0 Å². The first-order valence-corrected chi connectivity index (χ1v) is 5.56. The van der Waals surface area contributed by atoms with E-state index in [0.29, 0.717) is 5.56 Å². The Morgan fingerprint density at radius 3 is 2.83 bits per heavy atom. The van der Waals surface area contributed by atoms with Crippen LogP contribution >= 0.6 is 0 Å². The molecule has 0 saturated carbocycles. The maximum Gasteiger partial charge on any atom is 0.185 e. The minimum atomic E-state index is -0.408. The molecule has 0 unspecified atom stereocenters. The maximum absolute atomic E-state index is 13.0. The largest absolute Gasteiger partial charge is 0.289 e. The zero-order chi connectivity index (χ0) is 13.0. The van der Waals surface area contributed by atoms with E-state index in [4.69, 9.17) is 0 Å². The Balaban J connectivity index is 2.17. The summed E-state index contributed by atoms with van der Waals surface area (Å²) in [6.45, 7) is 1.88. The van der Waals surface area contributed by atoms with Crippen molar-refractivity contribution in [1.82, 2.24) is 4.98 Å². The number of rotatable bonds is 3. The zero-order valence-corrected chi connectivity index (χ0v) is 9.93. The number of hydrogen-bond donors (Lipinski definition) is 0. The molecular formula is C15H12FNO. The van der Waals surface area contributed by atoms with Gasteiger partial charge in [0.15, 0.2) is 5.78 Å². The number of carbonyl (C=O) groups is 1. The second kappa shape index (κ2) is 5.36. The quantitative estimate of drug-likeness (QED) is 0.608. The highest BCUT2D eigenvalue weighted by molar-refractivity contribution is 6.06. The molecule has 0 bridgehead atoms. The van der Waals surface area contributed by atoms with Gasteiger partial charge in [-0.2, -0.15) is 0 Å². The smallest absolute Gasteiger partial charge is 0.185 e. The van der Waals surface area contributed by atoms with Gasteiger partial charge >= 0.3 is 0 Å². The number of allylic oxidation sites excluding steroid dienone is 1. The lowest BCUT2D eigenvalue weighted by Gasteiger charge is -1.97. The van der Waals surface area contributed by atoms with Crippen molar-refractivity contribution in [3.05, 3.63) is 71.3 Å². The minimum Gasteiger partial charge on any atom is -0.289 e. The Kier molecular flexibility index (Phi) is 3.63. The molecule has 0 spiro atoms. The van der Waals surface area contributed by atoms with Gasteiger partial charge in [-0.3, -0.25) is 9.78 Å². The van der Waals surface area contributed by atoms with Gasteiger partial charge in [0.2, 0.25) is 0 Å². The molecule has 2 rings (SSSR count). The lowest BCUT2D eigenvalue weighted by Crippen LogP contribution is -1.94. The van der Waals surface area contributed by atoms with Crippen LogP contribution in [0, 0.1) is 12.7 Å². The van der Waals surface area contributed by atoms with E-state index in [1.807, 2.05) is 19.1 Å². The van der Waals surface area contributed by atoms with Crippen molar-refractivity contribution in [1.29, 1.82) is 0 Å². The number of benzene rings is 1. The molecule has 90 valence electrons. The first-order chi connectivity index (χ1) is 8.65. The molecule has 0 aliphatic carbocycles. The Bertz CT molecular complexity index is 605. The Morgan fingerprint density at radius 1 is 1.28 bits per heavy atom. The molecule has 2 aromatic rings. The summed E-state index contributed by atoms with van der Waals surface area (Å²) in [6.07, 6.45) is 4.81. The monoisotopic (exact) mass is 241 g/mol. The lowest BCUT2D eigenvalue weighted by molar-refractivity contribution is 0.104. The molecule has 2 nitrogen and oxygen atoms in total. The number of nitrogens with zero attached hydrogens (tertiary/aromatic N) is 1. The van der Waals surface area contributed by atoms with Gasteiger partial charge in [0, 0.05) is 17.5 Å². The fraction of sp³-hybridized carbons (Fsp3) is 0.0667. The molecule has 0 radical (unpaired) electrons. The van der Waals surface area contributed by atoms with Gasteiger partial charge in [0.1, 0.15) is 5.82 Å². The molecule has 0 saturated heterocycles. The normalized spacial score (nSPS) is 10.8. The summed E-state index contributed by atoms with van der Waals surface area (Å²) < 4.78 is 13.0. The molecule has 0 N–H and O–H groups in total. The van der Waals surface area contributed by atoms with Crippen LogP contribution in [0.1, 0.15) is 21.6 Å². The Hall–Kier alpha value is -2.29. The molecule has 0 amide bonds. The molecule has 0 aliphatic rings. The van der Waals surface area contributed by atoms with Crippen LogP contribution in [0.2, 0.25) is 0 Å².